The van der Waals surface area contributed by atoms with Crippen LogP contribution in [0.5, 0.6) is 11.5 Å². The van der Waals surface area contributed by atoms with Crippen LogP contribution in [0, 0.1) is 11.3 Å². The van der Waals surface area contributed by atoms with Crippen molar-refractivity contribution >= 4 is 0 Å². The molecule has 0 aliphatic rings. The van der Waals surface area contributed by atoms with Crippen molar-refractivity contribution in [2.24, 2.45) is 0 Å². The van der Waals surface area contributed by atoms with Crippen molar-refractivity contribution in [3.8, 4) is 17.6 Å². The third kappa shape index (κ3) is 2.85. The van der Waals surface area contributed by atoms with Crippen molar-refractivity contribution < 1.29 is 4.74 Å². The maximum Gasteiger partial charge on any atom is 0.165 e. The van der Waals surface area contributed by atoms with E-state index in [2.05, 4.69) is 18.1 Å². The monoisotopic (exact) mass is 227 g/mol. The first kappa shape index (κ1) is 11.2. The van der Waals surface area contributed by atoms with E-state index in [9.17, 15) is 0 Å². The van der Waals surface area contributed by atoms with Crippen LogP contribution in [-0.4, -0.2) is 9.78 Å². The van der Waals surface area contributed by atoms with Gasteiger partial charge < -0.3 is 4.74 Å². The molecule has 0 radical (unpaired) electrons. The summed E-state index contributed by atoms with van der Waals surface area (Å²) in [4.78, 5) is 0. The van der Waals surface area contributed by atoms with Gasteiger partial charge in [-0.1, -0.05) is 13.0 Å². The summed E-state index contributed by atoms with van der Waals surface area (Å²) < 4.78 is 7.45. The van der Waals surface area contributed by atoms with E-state index >= 15 is 0 Å². The predicted octanol–water partition coefficient (Wildman–Crippen LogP) is 2.96. The van der Waals surface area contributed by atoms with Crippen molar-refractivity contribution in [2.75, 3.05) is 0 Å². The molecule has 1 aromatic carbocycles. The van der Waals surface area contributed by atoms with Gasteiger partial charge in [0.15, 0.2) is 5.75 Å². The van der Waals surface area contributed by atoms with Gasteiger partial charge in [-0.2, -0.15) is 10.4 Å². The molecule has 17 heavy (non-hydrogen) atoms. The zero-order chi connectivity index (χ0) is 12.1. The van der Waals surface area contributed by atoms with Crippen LogP contribution >= 0.6 is 0 Å². The molecule has 0 saturated carbocycles. The van der Waals surface area contributed by atoms with Crippen LogP contribution in [-0.2, 0) is 6.54 Å². The van der Waals surface area contributed by atoms with Crippen molar-refractivity contribution in [1.29, 1.82) is 5.26 Å². The minimum absolute atomic E-state index is 0.587. The smallest absolute Gasteiger partial charge is 0.165 e. The molecule has 2 rings (SSSR count). The normalized spacial score (nSPS) is 9.88. The maximum absolute atomic E-state index is 8.78. The van der Waals surface area contributed by atoms with E-state index in [0.29, 0.717) is 17.1 Å². The Morgan fingerprint density at radius 1 is 1.41 bits per heavy atom. The van der Waals surface area contributed by atoms with Crippen LogP contribution < -0.4 is 4.74 Å². The summed E-state index contributed by atoms with van der Waals surface area (Å²) in [6, 6.07) is 9.14. The lowest BCUT2D eigenvalue weighted by atomic mass is 10.2. The number of benzene rings is 1. The summed E-state index contributed by atoms with van der Waals surface area (Å²) in [5, 5.41) is 13.0. The number of ether oxygens (including phenoxy) is 1. The molecule has 86 valence electrons. The molecule has 1 aromatic heterocycles. The SMILES string of the molecule is CCCn1cc(Oc2cccc(C#N)c2)cn1. The molecule has 1 heterocycles. The summed E-state index contributed by atoms with van der Waals surface area (Å²) in [6.07, 6.45) is 4.56. The van der Waals surface area contributed by atoms with Crippen molar-refractivity contribution in [3.05, 3.63) is 42.2 Å². The molecule has 0 saturated heterocycles. The Hall–Kier alpha value is -2.28. The highest BCUT2D eigenvalue weighted by molar-refractivity contribution is 5.38. The molecule has 0 N–H and O–H groups in total. The summed E-state index contributed by atoms with van der Waals surface area (Å²) >= 11 is 0. The van der Waals surface area contributed by atoms with Gasteiger partial charge in [-0.15, -0.1) is 0 Å². The van der Waals surface area contributed by atoms with Gasteiger partial charge in [0.2, 0.25) is 0 Å². The van der Waals surface area contributed by atoms with E-state index in [1.165, 1.54) is 0 Å². The molecule has 0 bridgehead atoms. The van der Waals surface area contributed by atoms with Crippen molar-refractivity contribution in [2.45, 2.75) is 19.9 Å². The number of aromatic nitrogens is 2. The first-order valence-electron chi connectivity index (χ1n) is 5.52. The zero-order valence-corrected chi connectivity index (χ0v) is 9.63. The van der Waals surface area contributed by atoms with Gasteiger partial charge in [-0.05, 0) is 24.6 Å². The minimum Gasteiger partial charge on any atom is -0.454 e. The molecule has 0 unspecified atom stereocenters. The molecule has 0 aliphatic carbocycles. The van der Waals surface area contributed by atoms with Gasteiger partial charge in [0.25, 0.3) is 0 Å². The Labute approximate surface area is 100 Å². The third-order valence-electron chi connectivity index (χ3n) is 2.26. The topological polar surface area (TPSA) is 50.8 Å². The number of nitrogens with zero attached hydrogens (tertiary/aromatic N) is 3. The van der Waals surface area contributed by atoms with E-state index in [1.54, 1.807) is 24.4 Å². The third-order valence-corrected chi connectivity index (χ3v) is 2.26. The number of hydrogen-bond donors (Lipinski definition) is 0. The van der Waals surface area contributed by atoms with Crippen LogP contribution in [0.1, 0.15) is 18.9 Å². The summed E-state index contributed by atoms with van der Waals surface area (Å²) in [6.45, 7) is 2.97. The fraction of sp³-hybridized carbons (Fsp3) is 0.231. The number of nitriles is 1. The van der Waals surface area contributed by atoms with E-state index in [-0.39, 0.29) is 0 Å². The molecule has 0 fully saturated rings. The fourth-order valence-corrected chi connectivity index (χ4v) is 1.51. The highest BCUT2D eigenvalue weighted by Crippen LogP contribution is 2.21. The molecule has 0 atom stereocenters. The lowest BCUT2D eigenvalue weighted by molar-refractivity contribution is 0.480. The Bertz CT molecular complexity index is 540. The van der Waals surface area contributed by atoms with Crippen molar-refractivity contribution in [3.63, 3.8) is 0 Å². The maximum atomic E-state index is 8.78. The highest BCUT2D eigenvalue weighted by atomic mass is 16.5. The Kier molecular flexibility index (Phi) is 3.41. The lowest BCUT2D eigenvalue weighted by Crippen LogP contribution is -1.95. The molecule has 0 spiro atoms. The number of hydrogen-bond acceptors (Lipinski definition) is 3. The molecule has 0 aliphatic heterocycles. The Morgan fingerprint density at radius 2 is 2.29 bits per heavy atom. The molecular formula is C13H13N3O. The highest BCUT2D eigenvalue weighted by Gasteiger charge is 2.01. The van der Waals surface area contributed by atoms with Crippen LogP contribution in [0.15, 0.2) is 36.7 Å². The van der Waals surface area contributed by atoms with Gasteiger partial charge in [-0.3, -0.25) is 4.68 Å². The van der Waals surface area contributed by atoms with Crippen LogP contribution in [0.2, 0.25) is 0 Å². The van der Waals surface area contributed by atoms with E-state index < -0.39 is 0 Å². The van der Waals surface area contributed by atoms with Crippen LogP contribution in [0.25, 0.3) is 0 Å². The van der Waals surface area contributed by atoms with Gasteiger partial charge >= 0.3 is 0 Å². The fourth-order valence-electron chi connectivity index (χ4n) is 1.51. The van der Waals surface area contributed by atoms with Gasteiger partial charge in [0.1, 0.15) is 5.75 Å². The Balaban J connectivity index is 2.11. The molecule has 2 aromatic rings. The molecule has 4 heteroatoms. The largest absolute Gasteiger partial charge is 0.454 e. The summed E-state index contributed by atoms with van der Waals surface area (Å²) in [5.41, 5.74) is 0.587. The van der Waals surface area contributed by atoms with Crippen molar-refractivity contribution in [1.82, 2.24) is 9.78 Å². The van der Waals surface area contributed by atoms with Gasteiger partial charge in [-0.25, -0.2) is 0 Å². The summed E-state index contributed by atoms with van der Waals surface area (Å²) in [7, 11) is 0. The van der Waals surface area contributed by atoms with E-state index in [4.69, 9.17) is 10.00 Å². The lowest BCUT2D eigenvalue weighted by Gasteiger charge is -2.02. The van der Waals surface area contributed by atoms with E-state index in [0.717, 1.165) is 13.0 Å². The zero-order valence-electron chi connectivity index (χ0n) is 9.63. The second-order valence-corrected chi connectivity index (χ2v) is 3.68. The standard InChI is InChI=1S/C13H13N3O/c1-2-6-16-10-13(9-15-16)17-12-5-3-4-11(7-12)8-14/h3-5,7,9-10H,2,6H2,1H3. The molecule has 0 amide bonds. The van der Waals surface area contributed by atoms with Gasteiger partial charge in [0.05, 0.1) is 24.0 Å². The first-order chi connectivity index (χ1) is 8.31. The van der Waals surface area contributed by atoms with E-state index in [1.807, 2.05) is 16.9 Å². The average molecular weight is 227 g/mol. The van der Waals surface area contributed by atoms with Crippen LogP contribution in [0.3, 0.4) is 0 Å². The second kappa shape index (κ2) is 5.17. The second-order valence-electron chi connectivity index (χ2n) is 3.68. The number of aryl methyl sites for hydroxylation is 1. The average Bonchev–Trinajstić information content (AvgIpc) is 2.77. The predicted molar refractivity (Wildman–Crippen MR) is 63.7 cm³/mol. The van der Waals surface area contributed by atoms with Crippen LogP contribution in [0.4, 0.5) is 0 Å². The quantitative estimate of drug-likeness (QED) is 0.806. The number of rotatable bonds is 4. The summed E-state index contributed by atoms with van der Waals surface area (Å²) in [5.74, 6) is 1.34. The Morgan fingerprint density at radius 3 is 3.06 bits per heavy atom. The first-order valence-corrected chi connectivity index (χ1v) is 5.52. The van der Waals surface area contributed by atoms with Gasteiger partial charge in [0, 0.05) is 6.54 Å². The molecular weight excluding hydrogens is 214 g/mol. The minimum atomic E-state index is 0.587. The molecule has 4 nitrogen and oxygen atoms in total.